The second-order valence-corrected chi connectivity index (χ2v) is 5.23. The second kappa shape index (κ2) is 6.78. The number of amides is 1. The summed E-state index contributed by atoms with van der Waals surface area (Å²) in [4.78, 5) is 11.5. The van der Waals surface area contributed by atoms with Crippen molar-refractivity contribution in [3.63, 3.8) is 0 Å². The van der Waals surface area contributed by atoms with E-state index in [1.165, 1.54) is 0 Å². The molecule has 0 aliphatic rings. The van der Waals surface area contributed by atoms with Crippen LogP contribution in [0.1, 0.15) is 20.8 Å². The number of nitrogens with zero attached hydrogens (tertiary/aromatic N) is 1. The molecule has 96 valence electrons. The van der Waals surface area contributed by atoms with Gasteiger partial charge in [0.05, 0.1) is 30.3 Å². The molecule has 0 atom stereocenters. The quantitative estimate of drug-likeness (QED) is 0.421. The number of hydrogen-bond acceptors (Lipinski definition) is 4. The predicted molar refractivity (Wildman–Crippen MR) is 62.7 cm³/mol. The van der Waals surface area contributed by atoms with Crippen LogP contribution in [0, 0.1) is 0 Å². The highest BCUT2D eigenvalue weighted by molar-refractivity contribution is 7.84. The fraction of sp³-hybridized carbons (Fsp3) is 0.700. The molecule has 0 radical (unpaired) electrons. The number of hydrogen-bond donors (Lipinski definition) is 0. The normalized spacial score (nSPS) is 11.4. The molecule has 0 saturated heterocycles. The lowest BCUT2D eigenvalue weighted by Gasteiger charge is -2.28. The summed E-state index contributed by atoms with van der Waals surface area (Å²) in [5, 5.41) is 0. The first-order valence-electron chi connectivity index (χ1n) is 4.93. The van der Waals surface area contributed by atoms with Gasteiger partial charge in [-0.3, -0.25) is 4.48 Å². The van der Waals surface area contributed by atoms with Gasteiger partial charge in [0.1, 0.15) is 0 Å². The Morgan fingerprint density at radius 3 is 1.62 bits per heavy atom. The van der Waals surface area contributed by atoms with E-state index in [2.05, 4.69) is 6.58 Å². The number of carbonyl (C=O) groups is 1. The molecule has 0 aliphatic carbocycles. The molecule has 16 heavy (non-hydrogen) atoms. The molecule has 0 saturated carbocycles. The van der Waals surface area contributed by atoms with Crippen molar-refractivity contribution in [3.8, 4) is 0 Å². The van der Waals surface area contributed by atoms with Crippen LogP contribution < -0.4 is 0 Å². The van der Waals surface area contributed by atoms with Crippen LogP contribution >= 0.6 is 0 Å². The van der Waals surface area contributed by atoms with Crippen LogP contribution in [-0.4, -0.2) is 49.8 Å². The molecule has 0 aliphatic heterocycles. The van der Waals surface area contributed by atoms with Gasteiger partial charge in [0.2, 0.25) is 0 Å². The van der Waals surface area contributed by atoms with Crippen LogP contribution in [0.5, 0.6) is 0 Å². The summed E-state index contributed by atoms with van der Waals surface area (Å²) in [5.41, 5.74) is 0.649. The maximum absolute atomic E-state index is 11.5. The maximum Gasteiger partial charge on any atom is 0.340 e. The molecule has 0 rings (SSSR count). The molecule has 1 amide bonds. The van der Waals surface area contributed by atoms with E-state index in [0.29, 0.717) is 16.3 Å². The Labute approximate surface area is 98.1 Å². The Bertz CT molecular complexity index is 334. The van der Waals surface area contributed by atoms with E-state index in [-0.39, 0.29) is 5.91 Å². The van der Waals surface area contributed by atoms with Crippen molar-refractivity contribution in [1.82, 2.24) is 0 Å². The SMILES string of the molecule is C=C(C)C(=O)[N+](C)(CC)CC.CS(=O)(=O)[O-]. The third-order valence-corrected chi connectivity index (χ3v) is 2.25. The zero-order valence-electron chi connectivity index (χ0n) is 10.6. The van der Waals surface area contributed by atoms with E-state index in [0.717, 1.165) is 13.1 Å². The fourth-order valence-corrected chi connectivity index (χ4v) is 0.972. The molecule has 0 N–H and O–H groups in total. The third kappa shape index (κ3) is 8.58. The highest BCUT2D eigenvalue weighted by Gasteiger charge is 2.27. The van der Waals surface area contributed by atoms with Crippen LogP contribution in [0.15, 0.2) is 12.2 Å². The first-order chi connectivity index (χ1) is 6.98. The Morgan fingerprint density at radius 1 is 1.31 bits per heavy atom. The van der Waals surface area contributed by atoms with E-state index in [9.17, 15) is 4.79 Å². The Morgan fingerprint density at radius 2 is 1.56 bits per heavy atom. The first kappa shape index (κ1) is 17.7. The van der Waals surface area contributed by atoms with Crippen molar-refractivity contribution in [3.05, 3.63) is 12.2 Å². The molecule has 6 heteroatoms. The highest BCUT2D eigenvalue weighted by Crippen LogP contribution is 2.07. The summed E-state index contributed by atoms with van der Waals surface area (Å²) < 4.78 is 27.7. The van der Waals surface area contributed by atoms with Gasteiger partial charge < -0.3 is 4.55 Å². The van der Waals surface area contributed by atoms with Gasteiger partial charge in [-0.05, 0) is 20.8 Å². The van der Waals surface area contributed by atoms with Crippen molar-refractivity contribution in [2.75, 3.05) is 26.4 Å². The molecule has 0 aromatic rings. The standard InChI is InChI=1S/C9H18NO.CH4O3S/c1-6-10(5,7-2)9(11)8(3)4;1-5(2,3)4/h3,6-7H2,1-2,4-5H3;1H3,(H,2,3,4)/q+1;/p-1. The van der Waals surface area contributed by atoms with Gasteiger partial charge in [-0.1, -0.05) is 6.58 Å². The molecular formula is C10H21NO4S. The van der Waals surface area contributed by atoms with Crippen LogP contribution in [0.3, 0.4) is 0 Å². The van der Waals surface area contributed by atoms with Gasteiger partial charge in [0.25, 0.3) is 0 Å². The van der Waals surface area contributed by atoms with E-state index < -0.39 is 10.1 Å². The first-order valence-corrected chi connectivity index (χ1v) is 6.75. The van der Waals surface area contributed by atoms with Gasteiger partial charge in [-0.2, -0.15) is 0 Å². The minimum atomic E-state index is -3.92. The van der Waals surface area contributed by atoms with Crippen LogP contribution in [0.2, 0.25) is 0 Å². The molecule has 0 fully saturated rings. The summed E-state index contributed by atoms with van der Waals surface area (Å²) in [6.45, 7) is 11.1. The zero-order chi connectivity index (χ0) is 13.6. The molecule has 0 bridgehead atoms. The van der Waals surface area contributed by atoms with Crippen molar-refractivity contribution in [2.45, 2.75) is 20.8 Å². The highest BCUT2D eigenvalue weighted by atomic mass is 32.2. The van der Waals surface area contributed by atoms with Gasteiger partial charge in [-0.25, -0.2) is 13.2 Å². The van der Waals surface area contributed by atoms with Crippen molar-refractivity contribution < 1.29 is 22.2 Å². The van der Waals surface area contributed by atoms with Crippen molar-refractivity contribution in [2.24, 2.45) is 0 Å². The molecule has 0 spiro atoms. The summed E-state index contributed by atoms with van der Waals surface area (Å²) in [6.07, 6.45) is 0.604. The van der Waals surface area contributed by atoms with E-state index in [4.69, 9.17) is 13.0 Å². The topological polar surface area (TPSA) is 74.3 Å². The second-order valence-electron chi connectivity index (χ2n) is 3.82. The smallest absolute Gasteiger partial charge is 0.340 e. The Balaban J connectivity index is 0. The molecular weight excluding hydrogens is 230 g/mol. The Hall–Kier alpha value is -0.720. The van der Waals surface area contributed by atoms with E-state index in [1.807, 2.05) is 20.9 Å². The average molecular weight is 251 g/mol. The van der Waals surface area contributed by atoms with Gasteiger partial charge in [0, 0.05) is 11.8 Å². The number of quaternary nitrogens is 1. The average Bonchev–Trinajstić information content (AvgIpc) is 2.12. The van der Waals surface area contributed by atoms with Crippen molar-refractivity contribution >= 4 is 16.0 Å². The molecule has 5 nitrogen and oxygen atoms in total. The summed E-state index contributed by atoms with van der Waals surface area (Å²) >= 11 is 0. The number of carbonyl (C=O) groups excluding carboxylic acids is 1. The summed E-state index contributed by atoms with van der Waals surface area (Å²) in [7, 11) is -1.98. The van der Waals surface area contributed by atoms with Gasteiger partial charge >= 0.3 is 5.91 Å². The monoisotopic (exact) mass is 251 g/mol. The van der Waals surface area contributed by atoms with Crippen LogP contribution in [-0.2, 0) is 14.9 Å². The third-order valence-electron chi connectivity index (χ3n) is 2.25. The lowest BCUT2D eigenvalue weighted by atomic mass is 10.2. The lowest BCUT2D eigenvalue weighted by Crippen LogP contribution is -2.49. The molecule has 0 heterocycles. The van der Waals surface area contributed by atoms with Gasteiger partial charge in [0.15, 0.2) is 0 Å². The summed E-state index contributed by atoms with van der Waals surface area (Å²) in [6, 6.07) is 0. The number of likely N-dealkylation sites (N-methyl/N-ethyl adjacent to an activating group) is 1. The lowest BCUT2D eigenvalue weighted by molar-refractivity contribution is -0.828. The van der Waals surface area contributed by atoms with E-state index >= 15 is 0 Å². The largest absolute Gasteiger partial charge is 0.748 e. The molecule has 0 aromatic carbocycles. The number of rotatable bonds is 3. The van der Waals surface area contributed by atoms with Crippen LogP contribution in [0.4, 0.5) is 0 Å². The minimum Gasteiger partial charge on any atom is -0.748 e. The predicted octanol–water partition coefficient (Wildman–Crippen LogP) is 0.737. The van der Waals surface area contributed by atoms with E-state index in [1.54, 1.807) is 6.92 Å². The molecule has 0 unspecified atom stereocenters. The maximum atomic E-state index is 11.5. The van der Waals surface area contributed by atoms with Crippen LogP contribution in [0.25, 0.3) is 0 Å². The Kier molecular flexibility index (Phi) is 7.48. The fourth-order valence-electron chi connectivity index (χ4n) is 0.972. The minimum absolute atomic E-state index is 0.148. The molecule has 0 aromatic heterocycles. The van der Waals surface area contributed by atoms with Gasteiger partial charge in [-0.15, -0.1) is 0 Å². The summed E-state index contributed by atoms with van der Waals surface area (Å²) in [5.74, 6) is 0.148. The van der Waals surface area contributed by atoms with Crippen molar-refractivity contribution in [1.29, 1.82) is 0 Å². The zero-order valence-corrected chi connectivity index (χ0v) is 11.4.